The van der Waals surface area contributed by atoms with Crippen LogP contribution >= 0.6 is 0 Å². The van der Waals surface area contributed by atoms with Crippen molar-refractivity contribution in [3.8, 4) is 6.07 Å². The fourth-order valence-corrected chi connectivity index (χ4v) is 3.12. The Hall–Kier alpha value is -2.27. The predicted molar refractivity (Wildman–Crippen MR) is 78.0 cm³/mol. The number of imidazole rings is 1. The van der Waals surface area contributed by atoms with Gasteiger partial charge in [-0.1, -0.05) is 0 Å². The van der Waals surface area contributed by atoms with Crippen LogP contribution in [-0.2, 0) is 6.18 Å². The van der Waals surface area contributed by atoms with Crippen molar-refractivity contribution in [1.29, 1.82) is 5.26 Å². The van der Waals surface area contributed by atoms with Gasteiger partial charge in [-0.3, -0.25) is 4.57 Å². The number of nitrogens with zero attached hydrogens (tertiary/aromatic N) is 3. The van der Waals surface area contributed by atoms with Crippen LogP contribution < -0.4 is 5.69 Å². The third-order valence-electron chi connectivity index (χ3n) is 4.33. The van der Waals surface area contributed by atoms with Gasteiger partial charge in [-0.25, -0.2) is 4.79 Å². The summed E-state index contributed by atoms with van der Waals surface area (Å²) >= 11 is 0. The first-order valence-electron chi connectivity index (χ1n) is 7.25. The predicted octanol–water partition coefficient (Wildman–Crippen LogP) is 2.49. The van der Waals surface area contributed by atoms with E-state index in [1.54, 1.807) is 6.07 Å². The molecule has 0 amide bonds. The summed E-state index contributed by atoms with van der Waals surface area (Å²) in [5.74, 6) is 0. The first-order valence-corrected chi connectivity index (χ1v) is 7.25. The number of fused-ring (bicyclic) bond motifs is 1. The molecule has 1 fully saturated rings. The number of nitriles is 1. The number of hydrogen-bond acceptors (Lipinski definition) is 3. The standard InChI is InChI=1S/C15H15F3N4O/c1-21-4-2-10(3-5-21)22-13-7-11(15(16,17)18)9(8-19)6-12(13)20-14(22)23/h6-7,10H,2-5H2,1H3,(H,20,23). The Bertz CT molecular complexity index is 835. The van der Waals surface area contributed by atoms with E-state index in [2.05, 4.69) is 9.88 Å². The van der Waals surface area contributed by atoms with Crippen LogP contribution in [0.15, 0.2) is 16.9 Å². The van der Waals surface area contributed by atoms with Crippen molar-refractivity contribution >= 4 is 11.0 Å². The minimum atomic E-state index is -4.63. The molecule has 1 aromatic carbocycles. The summed E-state index contributed by atoms with van der Waals surface area (Å²) in [5.41, 5.74) is -1.46. The second-order valence-electron chi connectivity index (χ2n) is 5.86. The molecule has 0 spiro atoms. The van der Waals surface area contributed by atoms with E-state index in [1.807, 2.05) is 7.05 Å². The number of aromatic amines is 1. The van der Waals surface area contributed by atoms with E-state index >= 15 is 0 Å². The number of halogens is 3. The largest absolute Gasteiger partial charge is 0.417 e. The smallest absolute Gasteiger partial charge is 0.306 e. The number of likely N-dealkylation sites (tertiary alicyclic amines) is 1. The summed E-state index contributed by atoms with van der Waals surface area (Å²) in [7, 11) is 1.97. The molecule has 0 bridgehead atoms. The van der Waals surface area contributed by atoms with Gasteiger partial charge < -0.3 is 9.88 Å². The molecule has 8 heteroatoms. The lowest BCUT2D eigenvalue weighted by Crippen LogP contribution is -2.34. The average Bonchev–Trinajstić information content (AvgIpc) is 2.81. The first-order chi connectivity index (χ1) is 10.8. The van der Waals surface area contributed by atoms with Crippen molar-refractivity contribution in [3.05, 3.63) is 33.7 Å². The van der Waals surface area contributed by atoms with Gasteiger partial charge in [0.15, 0.2) is 0 Å². The molecule has 1 aromatic heterocycles. The second kappa shape index (κ2) is 5.42. The lowest BCUT2D eigenvalue weighted by atomic mass is 10.0. The van der Waals surface area contributed by atoms with Crippen molar-refractivity contribution in [3.63, 3.8) is 0 Å². The lowest BCUT2D eigenvalue weighted by molar-refractivity contribution is -0.137. The summed E-state index contributed by atoms with van der Waals surface area (Å²) in [6, 6.07) is 3.42. The van der Waals surface area contributed by atoms with Gasteiger partial charge in [-0.15, -0.1) is 0 Å². The number of nitrogens with one attached hydrogen (secondary N) is 1. The van der Waals surface area contributed by atoms with E-state index < -0.39 is 23.0 Å². The van der Waals surface area contributed by atoms with Crippen LogP contribution in [-0.4, -0.2) is 34.6 Å². The van der Waals surface area contributed by atoms with Crippen LogP contribution in [0.4, 0.5) is 13.2 Å². The van der Waals surface area contributed by atoms with Gasteiger partial charge in [0, 0.05) is 6.04 Å². The Kier molecular flexibility index (Phi) is 3.68. The number of piperidine rings is 1. The van der Waals surface area contributed by atoms with E-state index in [-0.39, 0.29) is 17.1 Å². The van der Waals surface area contributed by atoms with Crippen LogP contribution in [0.3, 0.4) is 0 Å². The number of benzene rings is 1. The van der Waals surface area contributed by atoms with E-state index in [0.717, 1.165) is 25.2 Å². The van der Waals surface area contributed by atoms with Crippen molar-refractivity contribution in [2.24, 2.45) is 0 Å². The Morgan fingerprint density at radius 2 is 1.96 bits per heavy atom. The molecule has 2 heterocycles. The van der Waals surface area contributed by atoms with Crippen molar-refractivity contribution < 1.29 is 13.2 Å². The third kappa shape index (κ3) is 2.72. The highest BCUT2D eigenvalue weighted by Gasteiger charge is 2.35. The lowest BCUT2D eigenvalue weighted by Gasteiger charge is -2.29. The summed E-state index contributed by atoms with van der Waals surface area (Å²) in [5, 5.41) is 8.94. The molecule has 1 aliphatic rings. The summed E-state index contributed by atoms with van der Waals surface area (Å²) < 4.78 is 40.8. The van der Waals surface area contributed by atoms with Gasteiger partial charge in [-0.2, -0.15) is 18.4 Å². The minimum Gasteiger partial charge on any atom is -0.306 e. The Morgan fingerprint density at radius 3 is 2.52 bits per heavy atom. The third-order valence-corrected chi connectivity index (χ3v) is 4.33. The zero-order valence-corrected chi connectivity index (χ0v) is 12.4. The van der Waals surface area contributed by atoms with Crippen molar-refractivity contribution in [2.45, 2.75) is 25.1 Å². The van der Waals surface area contributed by atoms with Crippen molar-refractivity contribution in [2.75, 3.05) is 20.1 Å². The first kappa shape index (κ1) is 15.6. The number of alkyl halides is 3. The molecular weight excluding hydrogens is 309 g/mol. The molecule has 0 radical (unpaired) electrons. The minimum absolute atomic E-state index is 0.138. The molecule has 0 unspecified atom stereocenters. The number of aromatic nitrogens is 2. The van der Waals surface area contributed by atoms with E-state index in [0.29, 0.717) is 12.8 Å². The molecule has 122 valence electrons. The Labute approximate surface area is 129 Å². The Morgan fingerprint density at radius 1 is 1.30 bits per heavy atom. The van der Waals surface area contributed by atoms with Gasteiger partial charge in [0.2, 0.25) is 0 Å². The highest BCUT2D eigenvalue weighted by atomic mass is 19.4. The second-order valence-corrected chi connectivity index (χ2v) is 5.86. The van der Waals surface area contributed by atoms with Crippen LogP contribution in [0.5, 0.6) is 0 Å². The molecule has 0 atom stereocenters. The summed E-state index contributed by atoms with van der Waals surface area (Å²) in [4.78, 5) is 16.9. The number of H-pyrrole nitrogens is 1. The number of rotatable bonds is 1. The maximum atomic E-state index is 13.1. The SMILES string of the molecule is CN1CCC(n2c(=O)[nH]c3cc(C#N)c(C(F)(F)F)cc32)CC1. The van der Waals surface area contributed by atoms with E-state index in [4.69, 9.17) is 5.26 Å². The van der Waals surface area contributed by atoms with Crippen LogP contribution in [0.25, 0.3) is 11.0 Å². The van der Waals surface area contributed by atoms with E-state index in [1.165, 1.54) is 4.57 Å². The van der Waals surface area contributed by atoms with E-state index in [9.17, 15) is 18.0 Å². The van der Waals surface area contributed by atoms with Crippen LogP contribution in [0.1, 0.15) is 30.0 Å². The fourth-order valence-electron chi connectivity index (χ4n) is 3.12. The summed E-state index contributed by atoms with van der Waals surface area (Å²) in [6.07, 6.45) is -3.24. The van der Waals surface area contributed by atoms with Gasteiger partial charge in [0.25, 0.3) is 0 Å². The normalized spacial score (nSPS) is 17.5. The van der Waals surface area contributed by atoms with Gasteiger partial charge in [-0.05, 0) is 45.1 Å². The van der Waals surface area contributed by atoms with Gasteiger partial charge in [0.05, 0.1) is 28.2 Å². The maximum Gasteiger partial charge on any atom is 0.417 e. The molecule has 2 aromatic rings. The van der Waals surface area contributed by atoms with Crippen LogP contribution in [0.2, 0.25) is 0 Å². The van der Waals surface area contributed by atoms with Crippen molar-refractivity contribution in [1.82, 2.24) is 14.5 Å². The fraction of sp³-hybridized carbons (Fsp3) is 0.467. The molecule has 0 saturated carbocycles. The molecular formula is C15H15F3N4O. The Balaban J connectivity index is 2.18. The number of hydrogen-bond donors (Lipinski definition) is 1. The average molecular weight is 324 g/mol. The highest BCUT2D eigenvalue weighted by molar-refractivity contribution is 5.79. The van der Waals surface area contributed by atoms with Gasteiger partial charge in [0.1, 0.15) is 0 Å². The molecule has 3 rings (SSSR count). The monoisotopic (exact) mass is 324 g/mol. The molecule has 1 aliphatic heterocycles. The van der Waals surface area contributed by atoms with Gasteiger partial charge >= 0.3 is 11.9 Å². The summed E-state index contributed by atoms with van der Waals surface area (Å²) in [6.45, 7) is 1.57. The topological polar surface area (TPSA) is 64.8 Å². The molecule has 1 saturated heterocycles. The quantitative estimate of drug-likeness (QED) is 0.876. The zero-order chi connectivity index (χ0) is 16.8. The zero-order valence-electron chi connectivity index (χ0n) is 12.4. The highest BCUT2D eigenvalue weighted by Crippen LogP contribution is 2.35. The molecule has 23 heavy (non-hydrogen) atoms. The molecule has 1 N–H and O–H groups in total. The maximum absolute atomic E-state index is 13.1. The molecule has 5 nitrogen and oxygen atoms in total. The molecule has 0 aliphatic carbocycles. The van der Waals surface area contributed by atoms with Crippen LogP contribution in [0, 0.1) is 11.3 Å².